The number of nitrogens with one attached hydrogen (secondary N) is 1. The maximum Gasteiger partial charge on any atom is 0.338 e. The smallest absolute Gasteiger partial charge is 0.338 e. The molecule has 1 aromatic carbocycles. The van der Waals surface area contributed by atoms with E-state index in [9.17, 15) is 9.18 Å². The maximum atomic E-state index is 13.2. The van der Waals surface area contributed by atoms with Crippen molar-refractivity contribution in [3.8, 4) is 0 Å². The van der Waals surface area contributed by atoms with Gasteiger partial charge in [0.1, 0.15) is 5.82 Å². The van der Waals surface area contributed by atoms with Gasteiger partial charge in [0.05, 0.1) is 12.7 Å². The molecule has 3 nitrogen and oxygen atoms in total. The van der Waals surface area contributed by atoms with Gasteiger partial charge in [0.15, 0.2) is 0 Å². The minimum Gasteiger partial charge on any atom is -0.465 e. The van der Waals surface area contributed by atoms with Crippen LogP contribution in [0.3, 0.4) is 0 Å². The number of carbonyl (C=O) groups is 1. The predicted molar refractivity (Wildman–Crippen MR) is 62.6 cm³/mol. The Morgan fingerprint density at radius 3 is 3.00 bits per heavy atom. The first kappa shape index (κ1) is 12.0. The summed E-state index contributed by atoms with van der Waals surface area (Å²) in [6.45, 7) is 1.83. The van der Waals surface area contributed by atoms with E-state index in [1.807, 2.05) is 0 Å². The number of esters is 1. The Hall–Kier alpha value is -1.42. The molecule has 0 amide bonds. The van der Waals surface area contributed by atoms with Crippen molar-refractivity contribution in [2.75, 3.05) is 20.2 Å². The van der Waals surface area contributed by atoms with Crippen molar-refractivity contribution in [3.05, 3.63) is 35.1 Å². The fraction of sp³-hybridized carbons (Fsp3) is 0.462. The number of halogens is 1. The monoisotopic (exact) mass is 237 g/mol. The Morgan fingerprint density at radius 2 is 2.35 bits per heavy atom. The van der Waals surface area contributed by atoms with E-state index in [0.29, 0.717) is 5.56 Å². The largest absolute Gasteiger partial charge is 0.465 e. The highest BCUT2D eigenvalue weighted by Crippen LogP contribution is 2.27. The zero-order valence-electron chi connectivity index (χ0n) is 9.83. The fourth-order valence-electron chi connectivity index (χ4n) is 2.29. The number of rotatable bonds is 2. The first-order valence-electron chi connectivity index (χ1n) is 5.81. The molecular formula is C13H16FNO2. The molecule has 1 aromatic rings. The molecule has 0 aliphatic carbocycles. The number of methoxy groups -OCH3 is 1. The summed E-state index contributed by atoms with van der Waals surface area (Å²) in [5, 5.41) is 3.29. The minimum atomic E-state index is -0.468. The van der Waals surface area contributed by atoms with Crippen molar-refractivity contribution in [2.24, 2.45) is 0 Å². The molecular weight excluding hydrogens is 221 g/mol. The van der Waals surface area contributed by atoms with Crippen LogP contribution in [0, 0.1) is 5.82 Å². The molecule has 0 aromatic heterocycles. The van der Waals surface area contributed by atoms with E-state index < -0.39 is 11.8 Å². The van der Waals surface area contributed by atoms with Crippen LogP contribution in [0.25, 0.3) is 0 Å². The predicted octanol–water partition coefficient (Wildman–Crippen LogP) is 2.08. The van der Waals surface area contributed by atoms with E-state index in [4.69, 9.17) is 4.74 Å². The SMILES string of the molecule is COC(=O)c1cc(F)ccc1C1CCCNC1. The third kappa shape index (κ3) is 2.64. The highest BCUT2D eigenvalue weighted by Gasteiger charge is 2.22. The number of benzene rings is 1. The number of ether oxygens (including phenoxy) is 1. The van der Waals surface area contributed by atoms with Crippen LogP contribution in [0.4, 0.5) is 4.39 Å². The van der Waals surface area contributed by atoms with E-state index >= 15 is 0 Å². The number of carbonyl (C=O) groups excluding carboxylic acids is 1. The van der Waals surface area contributed by atoms with Crippen LogP contribution in [0.15, 0.2) is 18.2 Å². The third-order valence-electron chi connectivity index (χ3n) is 3.16. The molecule has 4 heteroatoms. The van der Waals surface area contributed by atoms with Crippen molar-refractivity contribution in [1.82, 2.24) is 5.32 Å². The van der Waals surface area contributed by atoms with Gasteiger partial charge in [0, 0.05) is 6.54 Å². The first-order valence-corrected chi connectivity index (χ1v) is 5.81. The Balaban J connectivity index is 2.34. The highest BCUT2D eigenvalue weighted by molar-refractivity contribution is 5.91. The average Bonchev–Trinajstić information content (AvgIpc) is 2.38. The van der Waals surface area contributed by atoms with E-state index in [1.165, 1.54) is 19.2 Å². The molecule has 1 atom stereocenters. The Bertz CT molecular complexity index is 414. The fourth-order valence-corrected chi connectivity index (χ4v) is 2.29. The van der Waals surface area contributed by atoms with Crippen molar-refractivity contribution < 1.29 is 13.9 Å². The van der Waals surface area contributed by atoms with Crippen LogP contribution in [0.5, 0.6) is 0 Å². The van der Waals surface area contributed by atoms with Gasteiger partial charge in [-0.25, -0.2) is 9.18 Å². The maximum absolute atomic E-state index is 13.2. The third-order valence-corrected chi connectivity index (χ3v) is 3.16. The summed E-state index contributed by atoms with van der Waals surface area (Å²) in [6.07, 6.45) is 2.09. The Kier molecular flexibility index (Phi) is 3.74. The molecule has 1 saturated heterocycles. The van der Waals surface area contributed by atoms with Gasteiger partial charge in [-0.05, 0) is 43.0 Å². The normalized spacial score (nSPS) is 20.0. The summed E-state index contributed by atoms with van der Waals surface area (Å²) in [5.41, 5.74) is 1.23. The van der Waals surface area contributed by atoms with Crippen molar-refractivity contribution >= 4 is 5.97 Å². The lowest BCUT2D eigenvalue weighted by Crippen LogP contribution is -2.29. The number of piperidine rings is 1. The van der Waals surface area contributed by atoms with E-state index in [2.05, 4.69) is 5.32 Å². The topological polar surface area (TPSA) is 38.3 Å². The first-order chi connectivity index (χ1) is 8.22. The molecule has 1 aliphatic rings. The van der Waals surface area contributed by atoms with Crippen LogP contribution in [-0.4, -0.2) is 26.2 Å². The standard InChI is InChI=1S/C13H16FNO2/c1-17-13(16)12-7-10(14)4-5-11(12)9-3-2-6-15-8-9/h4-5,7,9,15H,2-3,6,8H2,1H3. The van der Waals surface area contributed by atoms with Crippen LogP contribution in [0.2, 0.25) is 0 Å². The number of hydrogen-bond acceptors (Lipinski definition) is 3. The molecule has 0 spiro atoms. The summed E-state index contributed by atoms with van der Waals surface area (Å²) in [7, 11) is 1.32. The van der Waals surface area contributed by atoms with Gasteiger partial charge in [-0.1, -0.05) is 6.07 Å². The zero-order chi connectivity index (χ0) is 12.3. The zero-order valence-corrected chi connectivity index (χ0v) is 9.83. The van der Waals surface area contributed by atoms with Crippen LogP contribution in [0.1, 0.15) is 34.7 Å². The van der Waals surface area contributed by atoms with Gasteiger partial charge in [-0.15, -0.1) is 0 Å². The van der Waals surface area contributed by atoms with Gasteiger partial charge < -0.3 is 10.1 Å². The molecule has 1 unspecified atom stereocenters. The summed E-state index contributed by atoms with van der Waals surface area (Å²) < 4.78 is 17.9. The lowest BCUT2D eigenvalue weighted by molar-refractivity contribution is 0.0598. The van der Waals surface area contributed by atoms with Gasteiger partial charge in [-0.2, -0.15) is 0 Å². The molecule has 92 valence electrons. The second-order valence-electron chi connectivity index (χ2n) is 4.27. The van der Waals surface area contributed by atoms with Gasteiger partial charge >= 0.3 is 5.97 Å². The van der Waals surface area contributed by atoms with Crippen molar-refractivity contribution in [2.45, 2.75) is 18.8 Å². The van der Waals surface area contributed by atoms with Crippen LogP contribution in [-0.2, 0) is 4.74 Å². The van der Waals surface area contributed by atoms with Crippen molar-refractivity contribution in [3.63, 3.8) is 0 Å². The molecule has 0 bridgehead atoms. The summed E-state index contributed by atoms with van der Waals surface area (Å²) >= 11 is 0. The van der Waals surface area contributed by atoms with Gasteiger partial charge in [-0.3, -0.25) is 0 Å². The highest BCUT2D eigenvalue weighted by atomic mass is 19.1. The summed E-state index contributed by atoms with van der Waals surface area (Å²) in [5.74, 6) is -0.610. The van der Waals surface area contributed by atoms with Crippen molar-refractivity contribution in [1.29, 1.82) is 0 Å². The summed E-state index contributed by atoms with van der Waals surface area (Å²) in [4.78, 5) is 11.6. The lowest BCUT2D eigenvalue weighted by atomic mass is 9.88. The molecule has 1 aliphatic heterocycles. The lowest BCUT2D eigenvalue weighted by Gasteiger charge is -2.24. The molecule has 2 rings (SSSR count). The quantitative estimate of drug-likeness (QED) is 0.800. The molecule has 1 heterocycles. The van der Waals surface area contributed by atoms with E-state index in [1.54, 1.807) is 6.07 Å². The summed E-state index contributed by atoms with van der Waals surface area (Å²) in [6, 6.07) is 4.35. The Labute approximate surface area is 100.0 Å². The molecule has 1 N–H and O–H groups in total. The molecule has 0 radical (unpaired) electrons. The van der Waals surface area contributed by atoms with Crippen LogP contribution < -0.4 is 5.32 Å². The van der Waals surface area contributed by atoms with Crippen LogP contribution >= 0.6 is 0 Å². The number of hydrogen-bond donors (Lipinski definition) is 1. The molecule has 0 saturated carbocycles. The van der Waals surface area contributed by atoms with Gasteiger partial charge in [0.2, 0.25) is 0 Å². The Morgan fingerprint density at radius 1 is 1.53 bits per heavy atom. The van der Waals surface area contributed by atoms with E-state index in [0.717, 1.165) is 31.5 Å². The minimum absolute atomic E-state index is 0.262. The second kappa shape index (κ2) is 5.27. The van der Waals surface area contributed by atoms with E-state index in [-0.39, 0.29) is 5.92 Å². The molecule has 1 fully saturated rings. The molecule has 17 heavy (non-hydrogen) atoms. The second-order valence-corrected chi connectivity index (χ2v) is 4.27. The average molecular weight is 237 g/mol. The van der Waals surface area contributed by atoms with Gasteiger partial charge in [0.25, 0.3) is 0 Å².